The fraction of sp³-hybridized carbons (Fsp3) is 0.286. The molecule has 7 heteroatoms. The monoisotopic (exact) mass is 301 g/mol. The molecule has 0 saturated heterocycles. The van der Waals surface area contributed by atoms with Gasteiger partial charge in [0.05, 0.1) is 22.4 Å². The Balaban J connectivity index is 1.88. The zero-order valence-electron chi connectivity index (χ0n) is 11.8. The first-order chi connectivity index (χ1) is 10.2. The molecule has 0 fully saturated rings. The van der Waals surface area contributed by atoms with Gasteiger partial charge in [0.25, 0.3) is 0 Å². The predicted octanol–water partition coefficient (Wildman–Crippen LogP) is 2.14. The molecule has 1 aromatic carbocycles. The Morgan fingerprint density at radius 3 is 2.67 bits per heavy atom. The van der Waals surface area contributed by atoms with Crippen molar-refractivity contribution in [3.8, 4) is 0 Å². The second-order valence-electron chi connectivity index (χ2n) is 4.59. The lowest BCUT2D eigenvalue weighted by Crippen LogP contribution is -2.16. The number of hydrogen-bond donors (Lipinski definition) is 1. The highest BCUT2D eigenvalue weighted by Gasteiger charge is 2.10. The second-order valence-corrected chi connectivity index (χ2v) is 5.53. The number of nitrogens with one attached hydrogen (secondary N) is 1. The Morgan fingerprint density at radius 1 is 1.24 bits per heavy atom. The lowest BCUT2D eigenvalue weighted by molar-refractivity contribution is 0.660. The fourth-order valence-electron chi connectivity index (χ4n) is 2.09. The summed E-state index contributed by atoms with van der Waals surface area (Å²) in [5.41, 5.74) is 3.42. The van der Waals surface area contributed by atoms with Crippen LogP contribution in [0.15, 0.2) is 34.2 Å². The van der Waals surface area contributed by atoms with Gasteiger partial charge >= 0.3 is 5.69 Å². The summed E-state index contributed by atoms with van der Waals surface area (Å²) in [5, 5.41) is 7.18. The van der Waals surface area contributed by atoms with Gasteiger partial charge in [-0.05, 0) is 26.0 Å². The molecule has 0 saturated carbocycles. The highest BCUT2D eigenvalue weighted by molar-refractivity contribution is 7.98. The average Bonchev–Trinajstić information content (AvgIpc) is 2.85. The smallest absolute Gasteiger partial charge is 0.270 e. The van der Waals surface area contributed by atoms with Gasteiger partial charge in [0.1, 0.15) is 0 Å². The summed E-state index contributed by atoms with van der Waals surface area (Å²) in [6.07, 6.45) is 0. The lowest BCUT2D eigenvalue weighted by atomic mass is 10.2. The molecule has 0 aliphatic rings. The summed E-state index contributed by atoms with van der Waals surface area (Å²) < 4.78 is 1.61. The SMILES string of the molecule is CCn1c(SCc2nc3ccccc3nc2C)n[nH]c1=O. The third-order valence-electron chi connectivity index (χ3n) is 3.22. The number of hydrogen-bond acceptors (Lipinski definition) is 5. The zero-order valence-corrected chi connectivity index (χ0v) is 12.6. The summed E-state index contributed by atoms with van der Waals surface area (Å²) in [6, 6.07) is 7.81. The molecule has 0 aliphatic carbocycles. The van der Waals surface area contributed by atoms with E-state index in [1.807, 2.05) is 38.1 Å². The Bertz CT molecular complexity index is 839. The maximum Gasteiger partial charge on any atom is 0.343 e. The van der Waals surface area contributed by atoms with Crippen molar-refractivity contribution in [3.05, 3.63) is 46.1 Å². The summed E-state index contributed by atoms with van der Waals surface area (Å²) in [7, 11) is 0. The Morgan fingerprint density at radius 2 is 1.95 bits per heavy atom. The largest absolute Gasteiger partial charge is 0.343 e. The van der Waals surface area contributed by atoms with E-state index < -0.39 is 0 Å². The Hall–Kier alpha value is -2.15. The molecular weight excluding hydrogens is 286 g/mol. The van der Waals surface area contributed by atoms with Crippen LogP contribution in [-0.4, -0.2) is 24.7 Å². The zero-order chi connectivity index (χ0) is 14.8. The molecule has 1 N–H and O–H groups in total. The summed E-state index contributed by atoms with van der Waals surface area (Å²) in [4.78, 5) is 20.7. The number of nitrogens with zero attached hydrogens (tertiary/aromatic N) is 4. The van der Waals surface area contributed by atoms with Gasteiger partial charge in [-0.25, -0.2) is 19.9 Å². The van der Waals surface area contributed by atoms with Crippen molar-refractivity contribution in [1.29, 1.82) is 0 Å². The Labute approximate surface area is 125 Å². The van der Waals surface area contributed by atoms with Crippen LogP contribution in [0.4, 0.5) is 0 Å². The second kappa shape index (κ2) is 5.69. The van der Waals surface area contributed by atoms with Crippen molar-refractivity contribution in [3.63, 3.8) is 0 Å². The minimum atomic E-state index is -0.179. The molecule has 0 bridgehead atoms. The van der Waals surface area contributed by atoms with Gasteiger partial charge in [0.2, 0.25) is 0 Å². The maximum atomic E-state index is 11.5. The van der Waals surface area contributed by atoms with E-state index in [2.05, 4.69) is 20.2 Å². The van der Waals surface area contributed by atoms with Gasteiger partial charge in [-0.15, -0.1) is 5.10 Å². The Kier molecular flexibility index (Phi) is 3.74. The highest BCUT2D eigenvalue weighted by Crippen LogP contribution is 2.21. The van der Waals surface area contributed by atoms with Crippen LogP contribution in [0.1, 0.15) is 18.3 Å². The first-order valence-corrected chi connectivity index (χ1v) is 7.68. The molecule has 3 rings (SSSR count). The molecule has 2 aromatic heterocycles. The molecule has 0 amide bonds. The van der Waals surface area contributed by atoms with Crippen molar-refractivity contribution in [2.24, 2.45) is 0 Å². The van der Waals surface area contributed by atoms with E-state index in [0.717, 1.165) is 22.4 Å². The van der Waals surface area contributed by atoms with E-state index in [1.165, 1.54) is 11.8 Å². The van der Waals surface area contributed by atoms with Gasteiger partial charge < -0.3 is 0 Å². The van der Waals surface area contributed by atoms with E-state index in [-0.39, 0.29) is 5.69 Å². The summed E-state index contributed by atoms with van der Waals surface area (Å²) >= 11 is 1.49. The number of thioether (sulfide) groups is 1. The van der Waals surface area contributed by atoms with Crippen LogP contribution in [-0.2, 0) is 12.3 Å². The number of aromatic nitrogens is 5. The average molecular weight is 301 g/mol. The van der Waals surface area contributed by atoms with Gasteiger partial charge in [-0.1, -0.05) is 23.9 Å². The third-order valence-corrected chi connectivity index (χ3v) is 4.21. The molecule has 108 valence electrons. The molecule has 0 atom stereocenters. The number of aryl methyl sites for hydroxylation is 1. The first kappa shape index (κ1) is 13.8. The summed E-state index contributed by atoms with van der Waals surface area (Å²) in [6.45, 7) is 4.47. The molecule has 21 heavy (non-hydrogen) atoms. The topological polar surface area (TPSA) is 76.5 Å². The molecule has 0 radical (unpaired) electrons. The van der Waals surface area contributed by atoms with Crippen LogP contribution in [0.2, 0.25) is 0 Å². The van der Waals surface area contributed by atoms with Gasteiger partial charge in [-0.3, -0.25) is 4.57 Å². The number of rotatable bonds is 4. The van der Waals surface area contributed by atoms with Gasteiger partial charge in [-0.2, -0.15) is 0 Å². The van der Waals surface area contributed by atoms with Crippen molar-refractivity contribution < 1.29 is 0 Å². The minimum Gasteiger partial charge on any atom is -0.270 e. The third kappa shape index (κ3) is 2.69. The lowest BCUT2D eigenvalue weighted by Gasteiger charge is -2.06. The number of para-hydroxylation sites is 2. The molecular formula is C14H15N5OS. The number of fused-ring (bicyclic) bond motifs is 1. The van der Waals surface area contributed by atoms with Crippen molar-refractivity contribution in [1.82, 2.24) is 24.7 Å². The molecule has 2 heterocycles. The maximum absolute atomic E-state index is 11.5. The molecule has 3 aromatic rings. The highest BCUT2D eigenvalue weighted by atomic mass is 32.2. The standard InChI is InChI=1S/C14H15N5OS/c1-3-19-13(20)17-18-14(19)21-8-12-9(2)15-10-6-4-5-7-11(10)16-12/h4-7H,3,8H2,1-2H3,(H,17,20). The van der Waals surface area contributed by atoms with Gasteiger partial charge in [0, 0.05) is 12.3 Å². The first-order valence-electron chi connectivity index (χ1n) is 6.69. The van der Waals surface area contributed by atoms with Crippen LogP contribution in [0.3, 0.4) is 0 Å². The molecule has 0 spiro atoms. The van der Waals surface area contributed by atoms with Crippen molar-refractivity contribution >= 4 is 22.8 Å². The van der Waals surface area contributed by atoms with Crippen LogP contribution >= 0.6 is 11.8 Å². The van der Waals surface area contributed by atoms with Crippen LogP contribution in [0.5, 0.6) is 0 Å². The predicted molar refractivity (Wildman–Crippen MR) is 82.4 cm³/mol. The fourth-order valence-corrected chi connectivity index (χ4v) is 3.10. The van der Waals surface area contributed by atoms with Gasteiger partial charge in [0.15, 0.2) is 5.16 Å². The van der Waals surface area contributed by atoms with Crippen molar-refractivity contribution in [2.75, 3.05) is 0 Å². The number of H-pyrrole nitrogens is 1. The quantitative estimate of drug-likeness (QED) is 0.747. The van der Waals surface area contributed by atoms with E-state index in [0.29, 0.717) is 17.5 Å². The van der Waals surface area contributed by atoms with E-state index >= 15 is 0 Å². The van der Waals surface area contributed by atoms with E-state index in [9.17, 15) is 4.79 Å². The van der Waals surface area contributed by atoms with Crippen LogP contribution < -0.4 is 5.69 Å². The van der Waals surface area contributed by atoms with Crippen LogP contribution in [0.25, 0.3) is 11.0 Å². The normalized spacial score (nSPS) is 11.1. The molecule has 0 aliphatic heterocycles. The van der Waals surface area contributed by atoms with Crippen molar-refractivity contribution in [2.45, 2.75) is 31.3 Å². The van der Waals surface area contributed by atoms with E-state index in [4.69, 9.17) is 0 Å². The molecule has 0 unspecified atom stereocenters. The molecule has 6 nitrogen and oxygen atoms in total. The van der Waals surface area contributed by atoms with E-state index in [1.54, 1.807) is 4.57 Å². The van der Waals surface area contributed by atoms with Crippen LogP contribution in [0, 0.1) is 6.92 Å². The number of benzene rings is 1. The number of aromatic amines is 1. The minimum absolute atomic E-state index is 0.179. The summed E-state index contributed by atoms with van der Waals surface area (Å²) in [5.74, 6) is 0.633.